The first-order chi connectivity index (χ1) is 8.47. The van der Waals surface area contributed by atoms with Crippen molar-refractivity contribution < 1.29 is 18.7 Å². The van der Waals surface area contributed by atoms with Gasteiger partial charge in [0, 0.05) is 4.47 Å². The van der Waals surface area contributed by atoms with Crippen LogP contribution >= 0.6 is 27.3 Å². The summed E-state index contributed by atoms with van der Waals surface area (Å²) in [6.45, 7) is 0. The van der Waals surface area contributed by atoms with Crippen LogP contribution in [-0.2, 0) is 0 Å². The van der Waals surface area contributed by atoms with E-state index in [9.17, 15) is 13.6 Å². The number of nitrogens with zero attached hydrogens (tertiary/aromatic N) is 1. The van der Waals surface area contributed by atoms with E-state index >= 15 is 0 Å². The predicted octanol–water partition coefficient (Wildman–Crippen LogP) is 3.63. The Morgan fingerprint density at radius 2 is 2.00 bits per heavy atom. The Hall–Kier alpha value is -1.54. The Kier molecular flexibility index (Phi) is 3.58. The number of benzene rings is 1. The van der Waals surface area contributed by atoms with Gasteiger partial charge in [0.05, 0.1) is 6.20 Å². The van der Waals surface area contributed by atoms with Gasteiger partial charge in [0.1, 0.15) is 10.6 Å². The SMILES string of the molecule is O=C(O)c1cnc(Nc2c(F)cc(Br)cc2F)s1. The van der Waals surface area contributed by atoms with Gasteiger partial charge in [0.15, 0.2) is 16.8 Å². The molecule has 2 aromatic rings. The molecule has 0 saturated carbocycles. The number of carboxylic acid groups (broad SMARTS) is 1. The van der Waals surface area contributed by atoms with E-state index in [1.165, 1.54) is 0 Å². The van der Waals surface area contributed by atoms with E-state index in [4.69, 9.17) is 5.11 Å². The lowest BCUT2D eigenvalue weighted by Crippen LogP contribution is -1.97. The topological polar surface area (TPSA) is 62.2 Å². The largest absolute Gasteiger partial charge is 0.477 e. The Balaban J connectivity index is 2.31. The van der Waals surface area contributed by atoms with Gasteiger partial charge in [0.2, 0.25) is 0 Å². The number of halogens is 3. The molecule has 0 spiro atoms. The zero-order valence-corrected chi connectivity index (χ0v) is 11.0. The third-order valence-electron chi connectivity index (χ3n) is 1.96. The van der Waals surface area contributed by atoms with Gasteiger partial charge in [-0.1, -0.05) is 27.3 Å². The molecule has 0 saturated heterocycles. The first-order valence-corrected chi connectivity index (χ1v) is 6.19. The van der Waals surface area contributed by atoms with Crippen molar-refractivity contribution in [3.8, 4) is 0 Å². The van der Waals surface area contributed by atoms with Crippen LogP contribution in [0.3, 0.4) is 0 Å². The Bertz CT molecular complexity index is 595. The molecule has 0 aliphatic rings. The smallest absolute Gasteiger partial charge is 0.347 e. The minimum Gasteiger partial charge on any atom is -0.477 e. The summed E-state index contributed by atoms with van der Waals surface area (Å²) >= 11 is 3.75. The van der Waals surface area contributed by atoms with Crippen LogP contribution in [0.25, 0.3) is 0 Å². The highest BCUT2D eigenvalue weighted by Crippen LogP contribution is 2.28. The summed E-state index contributed by atoms with van der Waals surface area (Å²) in [5.41, 5.74) is -0.371. The molecule has 0 aliphatic carbocycles. The first kappa shape index (κ1) is 12.9. The van der Waals surface area contributed by atoms with Crippen LogP contribution in [0.5, 0.6) is 0 Å². The fourth-order valence-electron chi connectivity index (χ4n) is 1.20. The highest BCUT2D eigenvalue weighted by molar-refractivity contribution is 9.10. The third kappa shape index (κ3) is 2.65. The number of hydrogen-bond donors (Lipinski definition) is 2. The second kappa shape index (κ2) is 4.99. The van der Waals surface area contributed by atoms with E-state index in [2.05, 4.69) is 26.2 Å². The van der Waals surface area contributed by atoms with Gasteiger partial charge < -0.3 is 10.4 Å². The van der Waals surface area contributed by atoms with Gasteiger partial charge in [0.25, 0.3) is 0 Å². The predicted molar refractivity (Wildman–Crippen MR) is 66.4 cm³/mol. The maximum atomic E-state index is 13.5. The highest BCUT2D eigenvalue weighted by Gasteiger charge is 2.14. The summed E-state index contributed by atoms with van der Waals surface area (Å²) in [5, 5.41) is 11.2. The van der Waals surface area contributed by atoms with Crippen LogP contribution < -0.4 is 5.32 Å². The number of hydrogen-bond acceptors (Lipinski definition) is 4. The van der Waals surface area contributed by atoms with Crippen molar-refractivity contribution in [2.24, 2.45) is 0 Å². The van der Waals surface area contributed by atoms with Gasteiger partial charge >= 0.3 is 5.97 Å². The molecule has 1 aromatic carbocycles. The minimum absolute atomic E-state index is 0.0181. The molecule has 1 heterocycles. The number of aromatic carboxylic acids is 1. The van der Waals surface area contributed by atoms with Crippen molar-refractivity contribution >= 4 is 44.1 Å². The fourth-order valence-corrected chi connectivity index (χ4v) is 2.26. The number of thiazole rings is 1. The molecule has 2 N–H and O–H groups in total. The van der Waals surface area contributed by atoms with Crippen LogP contribution in [0.4, 0.5) is 19.6 Å². The van der Waals surface area contributed by atoms with Gasteiger partial charge in [-0.2, -0.15) is 0 Å². The molecule has 0 unspecified atom stereocenters. The Labute approximate surface area is 112 Å². The molecule has 8 heteroatoms. The number of rotatable bonds is 3. The summed E-state index contributed by atoms with van der Waals surface area (Å²) in [4.78, 5) is 14.3. The third-order valence-corrected chi connectivity index (χ3v) is 3.31. The zero-order valence-electron chi connectivity index (χ0n) is 8.58. The van der Waals surface area contributed by atoms with Crippen LogP contribution in [0, 0.1) is 11.6 Å². The van der Waals surface area contributed by atoms with Crippen molar-refractivity contribution in [1.82, 2.24) is 4.98 Å². The normalized spacial score (nSPS) is 10.4. The van der Waals surface area contributed by atoms with Gasteiger partial charge in [-0.3, -0.25) is 0 Å². The van der Waals surface area contributed by atoms with Crippen LogP contribution in [-0.4, -0.2) is 16.1 Å². The molecule has 1 aromatic heterocycles. The second-order valence-electron chi connectivity index (χ2n) is 3.20. The second-order valence-corrected chi connectivity index (χ2v) is 5.15. The van der Waals surface area contributed by atoms with Crippen molar-refractivity contribution in [3.05, 3.63) is 39.3 Å². The average Bonchev–Trinajstić information content (AvgIpc) is 2.71. The molecular formula is C10H5BrF2N2O2S. The molecule has 18 heavy (non-hydrogen) atoms. The molecule has 2 rings (SSSR count). The molecule has 0 aliphatic heterocycles. The van der Waals surface area contributed by atoms with Crippen molar-refractivity contribution in [2.45, 2.75) is 0 Å². The zero-order chi connectivity index (χ0) is 13.3. The Morgan fingerprint density at radius 1 is 1.39 bits per heavy atom. The van der Waals surface area contributed by atoms with Crippen molar-refractivity contribution in [1.29, 1.82) is 0 Å². The van der Waals surface area contributed by atoms with Crippen molar-refractivity contribution in [2.75, 3.05) is 5.32 Å². The summed E-state index contributed by atoms with van der Waals surface area (Å²) in [5.74, 6) is -2.74. The molecule has 4 nitrogen and oxygen atoms in total. The molecule has 0 amide bonds. The van der Waals surface area contributed by atoms with Gasteiger partial charge in [-0.15, -0.1) is 0 Å². The number of aromatic nitrogens is 1. The molecule has 0 atom stereocenters. The van der Waals surface area contributed by atoms with Crippen molar-refractivity contribution in [3.63, 3.8) is 0 Å². The fraction of sp³-hybridized carbons (Fsp3) is 0. The minimum atomic E-state index is -1.14. The monoisotopic (exact) mass is 334 g/mol. The summed E-state index contributed by atoms with van der Waals surface area (Å²) in [6.07, 6.45) is 1.12. The van der Waals surface area contributed by atoms with E-state index in [0.717, 1.165) is 29.7 Å². The molecule has 0 radical (unpaired) electrons. The van der Waals surface area contributed by atoms with Crippen LogP contribution in [0.2, 0.25) is 0 Å². The van der Waals surface area contributed by atoms with E-state index in [1.807, 2.05) is 0 Å². The summed E-state index contributed by atoms with van der Waals surface area (Å²) < 4.78 is 27.3. The lowest BCUT2D eigenvalue weighted by atomic mass is 10.3. The van der Waals surface area contributed by atoms with Crippen LogP contribution in [0.1, 0.15) is 9.67 Å². The number of carboxylic acids is 1. The molecule has 0 bridgehead atoms. The molecule has 94 valence electrons. The quantitative estimate of drug-likeness (QED) is 0.899. The highest BCUT2D eigenvalue weighted by atomic mass is 79.9. The van der Waals surface area contributed by atoms with E-state index in [-0.39, 0.29) is 20.2 Å². The average molecular weight is 335 g/mol. The maximum Gasteiger partial charge on any atom is 0.347 e. The van der Waals surface area contributed by atoms with E-state index < -0.39 is 17.6 Å². The first-order valence-electron chi connectivity index (χ1n) is 4.58. The van der Waals surface area contributed by atoms with E-state index in [0.29, 0.717) is 0 Å². The summed E-state index contributed by atoms with van der Waals surface area (Å²) in [6, 6.07) is 2.19. The van der Waals surface area contributed by atoms with Gasteiger partial charge in [-0.25, -0.2) is 18.6 Å². The number of nitrogens with one attached hydrogen (secondary N) is 1. The lowest BCUT2D eigenvalue weighted by molar-refractivity contribution is 0.0702. The summed E-state index contributed by atoms with van der Waals surface area (Å²) in [7, 11) is 0. The maximum absolute atomic E-state index is 13.5. The number of anilines is 2. The molecule has 0 fully saturated rings. The Morgan fingerprint density at radius 3 is 2.50 bits per heavy atom. The molecular weight excluding hydrogens is 330 g/mol. The van der Waals surface area contributed by atoms with Gasteiger partial charge in [-0.05, 0) is 12.1 Å². The van der Waals surface area contributed by atoms with E-state index in [1.54, 1.807) is 0 Å². The lowest BCUT2D eigenvalue weighted by Gasteiger charge is -2.06. The van der Waals surface area contributed by atoms with Crippen LogP contribution in [0.15, 0.2) is 22.8 Å². The number of carbonyl (C=O) groups is 1. The standard InChI is InChI=1S/C10H5BrF2N2O2S/c11-4-1-5(12)8(6(13)2-4)15-10-14-3-7(18-10)9(16)17/h1-3H,(H,14,15)(H,16,17).